The first kappa shape index (κ1) is 32.1. The Kier molecular flexibility index (Phi) is 8.87. The van der Waals surface area contributed by atoms with Gasteiger partial charge >= 0.3 is 0 Å². The molecule has 9 nitrogen and oxygen atoms in total. The van der Waals surface area contributed by atoms with Crippen LogP contribution in [0.2, 0.25) is 0 Å². The van der Waals surface area contributed by atoms with Gasteiger partial charge in [0, 0.05) is 36.9 Å². The van der Waals surface area contributed by atoms with Crippen molar-refractivity contribution in [1.82, 2.24) is 19.7 Å². The summed E-state index contributed by atoms with van der Waals surface area (Å²) in [6.45, 7) is 9.23. The molecule has 0 unspecified atom stereocenters. The van der Waals surface area contributed by atoms with E-state index in [1.165, 1.54) is 6.92 Å². The molecule has 2 bridgehead atoms. The van der Waals surface area contributed by atoms with Crippen molar-refractivity contribution in [3.05, 3.63) is 52.5 Å². The topological polar surface area (TPSA) is 111 Å². The van der Waals surface area contributed by atoms with E-state index in [2.05, 4.69) is 4.98 Å². The summed E-state index contributed by atoms with van der Waals surface area (Å²) in [5.74, 6) is 0.573. The van der Waals surface area contributed by atoms with Gasteiger partial charge in [-0.1, -0.05) is 18.9 Å². The summed E-state index contributed by atoms with van der Waals surface area (Å²) in [4.78, 5) is 60.5. The number of carbonyl (C=O) groups is 4. The molecule has 6 rings (SSSR count). The molecular weight excluding hydrogens is 580 g/mol. The second-order valence-corrected chi connectivity index (χ2v) is 14.1. The zero-order chi connectivity index (χ0) is 32.7. The van der Waals surface area contributed by atoms with Crippen LogP contribution in [0, 0.1) is 19.3 Å². The molecule has 4 heterocycles. The van der Waals surface area contributed by atoms with Gasteiger partial charge in [-0.25, -0.2) is 0 Å². The number of hydrogen-bond acceptors (Lipinski definition) is 7. The second kappa shape index (κ2) is 12.7. The summed E-state index contributed by atoms with van der Waals surface area (Å²) in [7, 11) is 0. The molecule has 0 spiro atoms. The molecule has 2 aromatic heterocycles. The molecule has 9 heteroatoms. The standard InChI is InChI=1S/C37H46N4O5/c1-22(2)46-28-16-26-10-8-6-7-9-11-27(43)14-15-37-19-31(32(44)18-30-23(3)12-13-24(4)38-30)41(33(37)20-37)34(45)21-40-36(26)29(17-28)35(39-40)25(5)42/h12-13,16-17,22,31,33H,6-11,14-15,18-21H2,1-5H3/t31-,33+,37-/m0/s1. The first-order valence-corrected chi connectivity index (χ1v) is 17.0. The number of piperidine rings is 1. The maximum absolute atomic E-state index is 14.4. The van der Waals surface area contributed by atoms with Crippen molar-refractivity contribution in [1.29, 1.82) is 0 Å². The molecule has 1 aromatic carbocycles. The summed E-state index contributed by atoms with van der Waals surface area (Å²) in [6, 6.07) is 7.13. The van der Waals surface area contributed by atoms with Crippen LogP contribution in [0.3, 0.4) is 0 Å². The quantitative estimate of drug-likeness (QED) is 0.306. The minimum absolute atomic E-state index is 0.0206. The predicted molar refractivity (Wildman–Crippen MR) is 175 cm³/mol. The van der Waals surface area contributed by atoms with E-state index in [0.717, 1.165) is 66.6 Å². The van der Waals surface area contributed by atoms with Gasteiger partial charge in [0.05, 0.1) is 29.8 Å². The highest BCUT2D eigenvalue weighted by atomic mass is 16.5. The van der Waals surface area contributed by atoms with E-state index in [1.807, 2.05) is 52.0 Å². The summed E-state index contributed by atoms with van der Waals surface area (Å²) in [5, 5.41) is 5.41. The number of benzene rings is 1. The normalized spacial score (nSPS) is 23.8. The predicted octanol–water partition coefficient (Wildman–Crippen LogP) is 6.07. The largest absolute Gasteiger partial charge is 0.491 e. The van der Waals surface area contributed by atoms with Crippen molar-refractivity contribution in [2.24, 2.45) is 5.41 Å². The van der Waals surface area contributed by atoms with Crippen molar-refractivity contribution in [2.45, 2.75) is 130 Å². The third kappa shape index (κ3) is 6.38. The molecule has 3 atom stereocenters. The van der Waals surface area contributed by atoms with Crippen molar-refractivity contribution in [3.8, 4) is 5.75 Å². The fourth-order valence-electron chi connectivity index (χ4n) is 7.76. The Hall–Kier alpha value is -3.88. The molecule has 0 N–H and O–H groups in total. The minimum Gasteiger partial charge on any atom is -0.491 e. The third-order valence-electron chi connectivity index (χ3n) is 10.2. The summed E-state index contributed by atoms with van der Waals surface area (Å²) >= 11 is 0. The number of hydrogen-bond donors (Lipinski definition) is 0. The van der Waals surface area contributed by atoms with Gasteiger partial charge in [-0.15, -0.1) is 0 Å². The lowest BCUT2D eigenvalue weighted by molar-refractivity contribution is -0.139. The Bertz CT molecular complexity index is 1710. The molecular formula is C37H46N4O5. The van der Waals surface area contributed by atoms with Crippen LogP contribution in [0.15, 0.2) is 24.3 Å². The summed E-state index contributed by atoms with van der Waals surface area (Å²) in [6.07, 6.45) is 7.70. The number of ether oxygens (including phenoxy) is 1. The fraction of sp³-hybridized carbons (Fsp3) is 0.568. The van der Waals surface area contributed by atoms with Gasteiger partial charge in [-0.3, -0.25) is 28.8 Å². The number of nitrogens with zero attached hydrogens (tertiary/aromatic N) is 4. The molecule has 1 saturated carbocycles. The average molecular weight is 627 g/mol. The van der Waals surface area contributed by atoms with Crippen molar-refractivity contribution < 1.29 is 23.9 Å². The van der Waals surface area contributed by atoms with E-state index in [0.29, 0.717) is 42.5 Å². The second-order valence-electron chi connectivity index (χ2n) is 14.1. The van der Waals surface area contributed by atoms with Crippen molar-refractivity contribution in [3.63, 3.8) is 0 Å². The lowest BCUT2D eigenvalue weighted by Crippen LogP contribution is -2.45. The maximum Gasteiger partial charge on any atom is 0.245 e. The van der Waals surface area contributed by atoms with Gasteiger partial charge in [-0.2, -0.15) is 5.10 Å². The zero-order valence-corrected chi connectivity index (χ0v) is 27.9. The van der Waals surface area contributed by atoms with Crippen molar-refractivity contribution in [2.75, 3.05) is 0 Å². The molecule has 244 valence electrons. The Morgan fingerprint density at radius 3 is 2.52 bits per heavy atom. The van der Waals surface area contributed by atoms with Gasteiger partial charge in [0.15, 0.2) is 11.6 Å². The number of ketones is 3. The number of Topliss-reactive ketones (excluding diaryl/α,β-unsaturated/α-hetero) is 3. The van der Waals surface area contributed by atoms with Gasteiger partial charge in [0.2, 0.25) is 5.91 Å². The number of carbonyl (C=O) groups excluding carboxylic acids is 4. The Balaban J connectivity index is 1.39. The minimum atomic E-state index is -0.582. The molecule has 3 aromatic rings. The van der Waals surface area contributed by atoms with E-state index < -0.39 is 6.04 Å². The monoisotopic (exact) mass is 626 g/mol. The van der Waals surface area contributed by atoms with Crippen LogP contribution < -0.4 is 4.74 Å². The van der Waals surface area contributed by atoms with E-state index in [-0.39, 0.29) is 53.8 Å². The lowest BCUT2D eigenvalue weighted by Gasteiger charge is -2.27. The van der Waals surface area contributed by atoms with Crippen LogP contribution in [0.4, 0.5) is 0 Å². The number of aromatic nitrogens is 3. The first-order valence-electron chi connectivity index (χ1n) is 17.0. The Morgan fingerprint density at radius 2 is 1.78 bits per heavy atom. The average Bonchev–Trinajstić information content (AvgIpc) is 3.40. The van der Waals surface area contributed by atoms with Gasteiger partial charge in [0.25, 0.3) is 0 Å². The van der Waals surface area contributed by atoms with Crippen LogP contribution in [0.5, 0.6) is 5.75 Å². The number of pyridine rings is 1. The summed E-state index contributed by atoms with van der Waals surface area (Å²) in [5.41, 5.74) is 4.42. The molecule has 1 amide bonds. The van der Waals surface area contributed by atoms with E-state index in [4.69, 9.17) is 9.84 Å². The number of aryl methyl sites for hydroxylation is 3. The first-order chi connectivity index (χ1) is 22.0. The van der Waals surface area contributed by atoms with E-state index in [1.54, 1.807) is 9.58 Å². The van der Waals surface area contributed by atoms with Gasteiger partial charge in [0.1, 0.15) is 23.8 Å². The summed E-state index contributed by atoms with van der Waals surface area (Å²) < 4.78 is 7.76. The van der Waals surface area contributed by atoms with Gasteiger partial charge in [-0.05, 0) is 101 Å². The SMILES string of the molecule is CC(=O)c1nn2c3c(cc(OC(C)C)cc13)CCCCCCC(=O)CC[C@@]13C[C@@H](C(=O)Cc4nc(C)ccc4C)N(C(=O)C2)[C@@H]1C3. The van der Waals surface area contributed by atoms with E-state index >= 15 is 0 Å². The number of amides is 1. The molecule has 46 heavy (non-hydrogen) atoms. The Labute approximate surface area is 271 Å². The lowest BCUT2D eigenvalue weighted by atomic mass is 9.90. The smallest absolute Gasteiger partial charge is 0.245 e. The molecule has 0 radical (unpaired) electrons. The fourth-order valence-corrected chi connectivity index (χ4v) is 7.76. The number of rotatable bonds is 6. The highest BCUT2D eigenvalue weighted by Crippen LogP contribution is 2.62. The molecule has 1 saturated heterocycles. The van der Waals surface area contributed by atoms with Crippen molar-refractivity contribution >= 4 is 34.2 Å². The molecule has 1 aliphatic carbocycles. The zero-order valence-electron chi connectivity index (χ0n) is 27.9. The van der Waals surface area contributed by atoms with Gasteiger partial charge < -0.3 is 9.64 Å². The maximum atomic E-state index is 14.4. The Morgan fingerprint density at radius 1 is 1.02 bits per heavy atom. The highest BCUT2D eigenvalue weighted by Gasteiger charge is 2.66. The van der Waals surface area contributed by atoms with Crippen LogP contribution in [-0.2, 0) is 33.8 Å². The highest BCUT2D eigenvalue weighted by molar-refractivity contribution is 6.06. The third-order valence-corrected chi connectivity index (χ3v) is 10.2. The van der Waals surface area contributed by atoms with Crippen LogP contribution in [0.1, 0.15) is 112 Å². The molecule has 2 aliphatic heterocycles. The van der Waals surface area contributed by atoms with Crippen LogP contribution in [-0.4, -0.2) is 61.1 Å². The van der Waals surface area contributed by atoms with E-state index in [9.17, 15) is 19.2 Å². The molecule has 2 fully saturated rings. The molecule has 3 aliphatic rings. The van der Waals surface area contributed by atoms with Crippen LogP contribution >= 0.6 is 0 Å². The van der Waals surface area contributed by atoms with Crippen LogP contribution in [0.25, 0.3) is 10.9 Å².